The van der Waals surface area contributed by atoms with E-state index in [0.29, 0.717) is 31.3 Å². The summed E-state index contributed by atoms with van der Waals surface area (Å²) in [6, 6.07) is 15.2. The van der Waals surface area contributed by atoms with E-state index in [4.69, 9.17) is 18.9 Å². The van der Waals surface area contributed by atoms with Gasteiger partial charge in [0.1, 0.15) is 17.1 Å². The number of amides is 1. The van der Waals surface area contributed by atoms with Crippen molar-refractivity contribution in [2.24, 2.45) is 0 Å². The van der Waals surface area contributed by atoms with Gasteiger partial charge >= 0.3 is 12.1 Å². The molecule has 0 spiro atoms. The van der Waals surface area contributed by atoms with Crippen molar-refractivity contribution in [1.29, 1.82) is 0 Å². The van der Waals surface area contributed by atoms with E-state index in [1.165, 1.54) is 0 Å². The fourth-order valence-corrected chi connectivity index (χ4v) is 3.84. The number of para-hydroxylation sites is 1. The highest BCUT2D eigenvalue weighted by atomic mass is 16.6. The highest BCUT2D eigenvalue weighted by Gasteiger charge is 2.31. The van der Waals surface area contributed by atoms with E-state index in [0.717, 1.165) is 22.3 Å². The number of carbonyl (C=O) groups is 2. The van der Waals surface area contributed by atoms with Gasteiger partial charge in [-0.15, -0.1) is 0 Å². The zero-order valence-electron chi connectivity index (χ0n) is 23.7. The van der Waals surface area contributed by atoms with Crippen molar-refractivity contribution in [1.82, 2.24) is 5.32 Å². The van der Waals surface area contributed by atoms with Crippen LogP contribution in [0.5, 0.6) is 5.75 Å². The summed E-state index contributed by atoms with van der Waals surface area (Å²) in [4.78, 5) is 24.3. The molecule has 0 aliphatic heterocycles. The maximum absolute atomic E-state index is 12.1. The first-order valence-electron chi connectivity index (χ1n) is 12.9. The second kappa shape index (κ2) is 13.7. The van der Waals surface area contributed by atoms with Gasteiger partial charge in [0.05, 0.1) is 19.6 Å². The molecule has 0 saturated heterocycles. The Kier molecular flexibility index (Phi) is 11.0. The minimum atomic E-state index is -0.908. The lowest BCUT2D eigenvalue weighted by atomic mass is 9.95. The molecule has 0 saturated carbocycles. The summed E-state index contributed by atoms with van der Waals surface area (Å²) < 4.78 is 23.1. The standard InChI is InChI=1S/C31H41NO6/c1-9-25(23-17-14-15-22(19-23)21-32-29(34)38-30(4,5)6)28(36-11-3)31(7,8)37-26-18-13-12-16-24(26)20-27(33)35-10-2/h9,12-19H,1,10-11,20-21H2,2-8H3,(H,32,34)/b28-25-. The molecular weight excluding hydrogens is 482 g/mol. The highest BCUT2D eigenvalue weighted by Crippen LogP contribution is 2.34. The predicted octanol–water partition coefficient (Wildman–Crippen LogP) is 6.61. The number of ether oxygens (including phenoxy) is 4. The molecule has 7 nitrogen and oxygen atoms in total. The Bertz CT molecular complexity index is 1140. The summed E-state index contributed by atoms with van der Waals surface area (Å²) in [6.07, 6.45) is 1.36. The molecule has 1 N–H and O–H groups in total. The number of rotatable bonds is 12. The number of carbonyl (C=O) groups excluding carboxylic acids is 2. The number of esters is 1. The molecule has 2 aromatic rings. The van der Waals surface area contributed by atoms with Crippen LogP contribution in [0.25, 0.3) is 5.57 Å². The molecule has 7 heteroatoms. The van der Waals surface area contributed by atoms with Gasteiger partial charge in [0, 0.05) is 17.7 Å². The van der Waals surface area contributed by atoms with Crippen molar-refractivity contribution < 1.29 is 28.5 Å². The van der Waals surface area contributed by atoms with Crippen molar-refractivity contribution in [3.63, 3.8) is 0 Å². The average molecular weight is 524 g/mol. The van der Waals surface area contributed by atoms with Crippen LogP contribution in [0.1, 0.15) is 65.2 Å². The number of nitrogens with one attached hydrogen (secondary N) is 1. The molecule has 0 aromatic heterocycles. The summed E-state index contributed by atoms with van der Waals surface area (Å²) >= 11 is 0. The Morgan fingerprint density at radius 3 is 2.26 bits per heavy atom. The smallest absolute Gasteiger partial charge is 0.407 e. The van der Waals surface area contributed by atoms with E-state index in [2.05, 4.69) is 11.9 Å². The number of allylic oxidation sites excluding steroid dienone is 2. The molecule has 0 aliphatic carbocycles. The minimum absolute atomic E-state index is 0.106. The monoisotopic (exact) mass is 523 g/mol. The Morgan fingerprint density at radius 1 is 0.947 bits per heavy atom. The SMILES string of the molecule is C=C/C(=C(/OCC)C(C)(C)Oc1ccccc1CC(=O)OCC)c1cccc(CNC(=O)OC(C)(C)C)c1. The van der Waals surface area contributed by atoms with Crippen LogP contribution < -0.4 is 10.1 Å². The first-order valence-corrected chi connectivity index (χ1v) is 12.9. The lowest BCUT2D eigenvalue weighted by molar-refractivity contribution is -0.142. The summed E-state index contributed by atoms with van der Waals surface area (Å²) in [5, 5.41) is 2.79. The maximum Gasteiger partial charge on any atom is 0.407 e. The van der Waals surface area contributed by atoms with Crippen LogP contribution in [-0.2, 0) is 32.0 Å². The minimum Gasteiger partial charge on any atom is -0.493 e. The second-order valence-corrected chi connectivity index (χ2v) is 10.1. The molecule has 2 rings (SSSR count). The van der Waals surface area contributed by atoms with Gasteiger partial charge in [0.2, 0.25) is 0 Å². The third-order valence-corrected chi connectivity index (χ3v) is 5.34. The molecule has 0 unspecified atom stereocenters. The van der Waals surface area contributed by atoms with Crippen LogP contribution in [0, 0.1) is 0 Å². The lowest BCUT2D eigenvalue weighted by Crippen LogP contribution is -2.33. The van der Waals surface area contributed by atoms with Crippen LogP contribution in [0.3, 0.4) is 0 Å². The molecule has 38 heavy (non-hydrogen) atoms. The normalized spacial score (nSPS) is 12.2. The van der Waals surface area contributed by atoms with E-state index in [-0.39, 0.29) is 12.4 Å². The number of hydrogen-bond donors (Lipinski definition) is 1. The molecule has 0 heterocycles. The molecule has 0 aliphatic rings. The van der Waals surface area contributed by atoms with E-state index in [1.807, 2.05) is 90.1 Å². The van der Waals surface area contributed by atoms with Gasteiger partial charge in [-0.3, -0.25) is 4.79 Å². The van der Waals surface area contributed by atoms with Gasteiger partial charge < -0.3 is 24.3 Å². The van der Waals surface area contributed by atoms with E-state index < -0.39 is 17.3 Å². The average Bonchev–Trinajstić information content (AvgIpc) is 2.83. The van der Waals surface area contributed by atoms with Crippen LogP contribution in [-0.4, -0.2) is 36.5 Å². The third kappa shape index (κ3) is 9.29. The second-order valence-electron chi connectivity index (χ2n) is 10.1. The quantitative estimate of drug-likeness (QED) is 0.192. The van der Waals surface area contributed by atoms with Crippen molar-refractivity contribution >= 4 is 17.6 Å². The van der Waals surface area contributed by atoms with Gasteiger partial charge in [0.15, 0.2) is 5.60 Å². The fourth-order valence-electron chi connectivity index (χ4n) is 3.84. The van der Waals surface area contributed by atoms with Gasteiger partial charge in [0.25, 0.3) is 0 Å². The molecular formula is C31H41NO6. The Hall–Kier alpha value is -3.74. The summed E-state index contributed by atoms with van der Waals surface area (Å²) in [6.45, 7) is 18.1. The molecule has 0 radical (unpaired) electrons. The molecule has 206 valence electrons. The van der Waals surface area contributed by atoms with Gasteiger partial charge in [-0.2, -0.15) is 0 Å². The summed E-state index contributed by atoms with van der Waals surface area (Å²) in [7, 11) is 0. The van der Waals surface area contributed by atoms with Crippen molar-refractivity contribution in [2.45, 2.75) is 72.6 Å². The van der Waals surface area contributed by atoms with Gasteiger partial charge in [-0.25, -0.2) is 4.79 Å². The van der Waals surface area contributed by atoms with Crippen LogP contribution in [0.15, 0.2) is 66.9 Å². The molecule has 2 aromatic carbocycles. The topological polar surface area (TPSA) is 83.1 Å². The maximum atomic E-state index is 12.1. The van der Waals surface area contributed by atoms with E-state index in [1.54, 1.807) is 13.0 Å². The lowest BCUT2D eigenvalue weighted by Gasteiger charge is -2.31. The van der Waals surface area contributed by atoms with E-state index >= 15 is 0 Å². The number of alkyl carbamates (subject to hydrolysis) is 1. The van der Waals surface area contributed by atoms with Crippen molar-refractivity contribution in [3.8, 4) is 5.75 Å². The third-order valence-electron chi connectivity index (χ3n) is 5.34. The van der Waals surface area contributed by atoms with Crippen molar-refractivity contribution in [3.05, 3.63) is 83.6 Å². The van der Waals surface area contributed by atoms with Gasteiger partial charge in [-0.05, 0) is 71.7 Å². The number of benzene rings is 2. The molecule has 1 amide bonds. The molecule has 0 fully saturated rings. The Morgan fingerprint density at radius 2 is 1.63 bits per heavy atom. The molecule has 0 atom stereocenters. The number of hydrogen-bond acceptors (Lipinski definition) is 6. The zero-order valence-corrected chi connectivity index (χ0v) is 23.7. The summed E-state index contributed by atoms with van der Waals surface area (Å²) in [5.41, 5.74) is 1.77. The van der Waals surface area contributed by atoms with Crippen molar-refractivity contribution in [2.75, 3.05) is 13.2 Å². The van der Waals surface area contributed by atoms with Crippen LogP contribution in [0.2, 0.25) is 0 Å². The highest BCUT2D eigenvalue weighted by molar-refractivity contribution is 5.77. The van der Waals surface area contributed by atoms with Crippen LogP contribution >= 0.6 is 0 Å². The molecule has 0 bridgehead atoms. The summed E-state index contributed by atoms with van der Waals surface area (Å²) in [5.74, 6) is 0.852. The Balaban J connectivity index is 2.38. The predicted molar refractivity (Wildman–Crippen MR) is 150 cm³/mol. The van der Waals surface area contributed by atoms with Gasteiger partial charge in [-0.1, -0.05) is 49.1 Å². The largest absolute Gasteiger partial charge is 0.493 e. The van der Waals surface area contributed by atoms with E-state index in [9.17, 15) is 9.59 Å². The van der Waals surface area contributed by atoms with Crippen LogP contribution in [0.4, 0.5) is 4.79 Å². The first-order chi connectivity index (χ1) is 17.9. The Labute approximate surface area is 226 Å². The fraction of sp³-hybridized carbons (Fsp3) is 0.419. The zero-order chi connectivity index (χ0) is 28.3. The first kappa shape index (κ1) is 30.5.